The van der Waals surface area contributed by atoms with E-state index in [0.717, 1.165) is 0 Å². The molecule has 0 heterocycles. The summed E-state index contributed by atoms with van der Waals surface area (Å²) in [5.74, 6) is 0. The Morgan fingerprint density at radius 2 is 1.00 bits per heavy atom. The van der Waals surface area contributed by atoms with Crippen molar-refractivity contribution in [2.75, 3.05) is 5.54 Å². The van der Waals surface area contributed by atoms with Crippen LogP contribution in [-0.2, 0) is 52.1 Å². The Bertz CT molecular complexity index is 23.3. The predicted octanol–water partition coefficient (Wildman–Crippen LogP) is 0.471. The van der Waals surface area contributed by atoms with Gasteiger partial charge in [-0.3, -0.25) is 21.0 Å². The van der Waals surface area contributed by atoms with Crippen LogP contribution in [0.5, 0.6) is 0 Å². The zero-order valence-corrected chi connectivity index (χ0v) is 8.18. The normalized spacial score (nSPS) is 5.73. The standard InChI is InChI=1S/CH3O2.CH2.3Co.2H2O2/c1-3-2;;;;;2*1-2/h2H,1H2;1H2;;;;2*1-2H. The Balaban J connectivity index is -0.0000000315. The van der Waals surface area contributed by atoms with Crippen LogP contribution in [0.25, 0.3) is 0 Å². The van der Waals surface area contributed by atoms with E-state index in [2.05, 4.69) is 52.1 Å². The zero-order valence-electron chi connectivity index (χ0n) is 5.06. The van der Waals surface area contributed by atoms with Crippen molar-refractivity contribution in [1.82, 2.24) is 0 Å². The van der Waals surface area contributed by atoms with Gasteiger partial charge in [0.2, 0.25) is 0 Å². The van der Waals surface area contributed by atoms with Gasteiger partial charge in [0.15, 0.2) is 0 Å². The molecule has 6 nitrogen and oxygen atoms in total. The van der Waals surface area contributed by atoms with Crippen LogP contribution in [0.1, 0.15) is 0 Å². The number of rotatable bonds is 1. The summed E-state index contributed by atoms with van der Waals surface area (Å²) in [4.78, 5) is 3.40. The second-order valence-corrected chi connectivity index (χ2v) is 1.86. The van der Waals surface area contributed by atoms with Crippen LogP contribution >= 0.6 is 0 Å². The van der Waals surface area contributed by atoms with Gasteiger partial charge in [0.05, 0.1) is 0 Å². The topological polar surface area (TPSA) is 110 Å². The molecule has 0 bridgehead atoms. The van der Waals surface area contributed by atoms with Crippen LogP contribution in [0.4, 0.5) is 0 Å². The number of hydrogen-bond donors (Lipinski definition) is 5. The Morgan fingerprint density at radius 1 is 0.909 bits per heavy atom. The Morgan fingerprint density at radius 3 is 1.00 bits per heavy atom. The Hall–Kier alpha value is 1.28. The fourth-order valence-corrected chi connectivity index (χ4v) is 0. The van der Waals surface area contributed by atoms with Crippen molar-refractivity contribution in [3.8, 4) is 0 Å². The minimum atomic E-state index is 0.0625. The molecule has 0 unspecified atom stereocenters. The van der Waals surface area contributed by atoms with E-state index in [1.807, 2.05) is 0 Å². The summed E-state index contributed by atoms with van der Waals surface area (Å²) in [7, 11) is 0. The molecule has 9 heteroatoms. The van der Waals surface area contributed by atoms with Crippen molar-refractivity contribution in [2.24, 2.45) is 0 Å². The third kappa shape index (κ3) is 187. The summed E-state index contributed by atoms with van der Waals surface area (Å²) in [6.45, 7) is 0. The molecule has 0 aromatic rings. The Kier molecular flexibility index (Phi) is 135. The molecule has 0 aromatic carbocycles. The van der Waals surface area contributed by atoms with E-state index in [9.17, 15) is 0 Å². The second-order valence-electron chi connectivity index (χ2n) is 0.304. The van der Waals surface area contributed by atoms with Gasteiger partial charge < -0.3 is 0 Å². The van der Waals surface area contributed by atoms with Gasteiger partial charge >= 0.3 is 67.2 Å². The van der Waals surface area contributed by atoms with Gasteiger partial charge in [-0.05, 0) is 0 Å². The van der Waals surface area contributed by atoms with Crippen molar-refractivity contribution < 1.29 is 78.4 Å². The van der Waals surface area contributed by atoms with Crippen molar-refractivity contribution in [1.29, 1.82) is 0 Å². The van der Waals surface area contributed by atoms with Crippen LogP contribution in [0.2, 0.25) is 4.29 Å². The van der Waals surface area contributed by atoms with E-state index in [-0.39, 0.29) is 5.54 Å². The van der Waals surface area contributed by atoms with E-state index in [0.29, 0.717) is 4.29 Å². The van der Waals surface area contributed by atoms with Crippen LogP contribution in [-0.4, -0.2) is 31.8 Å². The van der Waals surface area contributed by atoms with Crippen molar-refractivity contribution in [3.05, 3.63) is 0 Å². The van der Waals surface area contributed by atoms with Gasteiger partial charge in [-0.25, -0.2) is 0 Å². The van der Waals surface area contributed by atoms with Crippen LogP contribution in [0.15, 0.2) is 0 Å². The van der Waals surface area contributed by atoms with Gasteiger partial charge in [-0.2, -0.15) is 0 Å². The van der Waals surface area contributed by atoms with E-state index in [1.165, 1.54) is 0 Å². The first kappa shape index (κ1) is 22.8. The summed E-state index contributed by atoms with van der Waals surface area (Å²) in [6, 6.07) is 0. The summed E-state index contributed by atoms with van der Waals surface area (Å²) < 4.78 is 0.625. The maximum absolute atomic E-state index is 7.30. The fourth-order valence-electron chi connectivity index (χ4n) is 0. The predicted molar refractivity (Wildman–Crippen MR) is 23.9 cm³/mol. The van der Waals surface area contributed by atoms with Gasteiger partial charge in [0.1, 0.15) is 0 Å². The molecule has 0 amide bonds. The van der Waals surface area contributed by atoms with Gasteiger partial charge in [0.25, 0.3) is 0 Å². The first-order chi connectivity index (χ1) is 5.33. The van der Waals surface area contributed by atoms with Gasteiger partial charge in [-0.15, -0.1) is 0 Å². The molecule has 0 saturated heterocycles. The molecule has 0 fully saturated rings. The average molecular weight is 306 g/mol. The average Bonchev–Trinajstić information content (AvgIpc) is 2.12. The molecule has 0 aromatic heterocycles. The fraction of sp³-hybridized carbons (Fsp3) is 1.00. The quantitative estimate of drug-likeness (QED) is 0.356. The first-order valence-corrected chi connectivity index (χ1v) is 3.79. The maximum atomic E-state index is 7.30. The summed E-state index contributed by atoms with van der Waals surface area (Å²) in [5.41, 5.74) is 0.0625. The molecule has 0 rings (SSSR count). The molecular formula is C2H9Co3O6. The molecule has 0 atom stereocenters. The first-order valence-electron chi connectivity index (χ1n) is 1.58. The van der Waals surface area contributed by atoms with E-state index >= 15 is 0 Å². The SMILES string of the molecule is OO.OO.OO[CH2][Co].[Co][CH2][Co]. The molecule has 11 heavy (non-hydrogen) atoms. The van der Waals surface area contributed by atoms with Crippen LogP contribution < -0.4 is 0 Å². The Labute approximate surface area is 88.1 Å². The number of hydrogen-bond acceptors (Lipinski definition) is 6. The summed E-state index contributed by atoms with van der Waals surface area (Å²) >= 11 is 10.9. The molecule has 0 radical (unpaired) electrons. The van der Waals surface area contributed by atoms with Crippen LogP contribution in [0.3, 0.4) is 0 Å². The van der Waals surface area contributed by atoms with Gasteiger partial charge in [0, 0.05) is 0 Å². The minimum absolute atomic E-state index is 0.0625. The van der Waals surface area contributed by atoms with E-state index < -0.39 is 0 Å². The summed E-state index contributed by atoms with van der Waals surface area (Å²) in [5, 5.41) is 31.3. The molecule has 0 aliphatic carbocycles. The monoisotopic (exact) mass is 306 g/mol. The second kappa shape index (κ2) is 65.1. The van der Waals surface area contributed by atoms with Crippen molar-refractivity contribution in [3.63, 3.8) is 0 Å². The zero-order chi connectivity index (χ0) is 10.1. The molecular weight excluding hydrogens is 297 g/mol. The van der Waals surface area contributed by atoms with E-state index in [4.69, 9.17) is 26.3 Å². The third-order valence-electron chi connectivity index (χ3n) is 0.0430. The van der Waals surface area contributed by atoms with Gasteiger partial charge in [-0.1, -0.05) is 0 Å². The molecule has 0 aliphatic heterocycles. The third-order valence-corrected chi connectivity index (χ3v) is 0.177. The molecule has 0 saturated carbocycles. The molecule has 80 valence electrons. The van der Waals surface area contributed by atoms with E-state index in [1.54, 1.807) is 0 Å². The molecule has 0 aliphatic rings. The summed E-state index contributed by atoms with van der Waals surface area (Å²) in [6.07, 6.45) is 0. The van der Waals surface area contributed by atoms with Crippen molar-refractivity contribution in [2.45, 2.75) is 4.29 Å². The molecule has 5 N–H and O–H groups in total. The molecule has 0 spiro atoms. The van der Waals surface area contributed by atoms with Crippen molar-refractivity contribution >= 4 is 0 Å². The van der Waals surface area contributed by atoms with Crippen LogP contribution in [0, 0.1) is 0 Å².